The Hall–Kier alpha value is -1.60. The van der Waals surface area contributed by atoms with Crippen LogP contribution in [0.15, 0.2) is 6.07 Å². The van der Waals surface area contributed by atoms with E-state index in [1.54, 1.807) is 13.0 Å². The molecule has 0 aliphatic rings. The van der Waals surface area contributed by atoms with Crippen LogP contribution in [0.25, 0.3) is 0 Å². The topological polar surface area (TPSA) is 122 Å². The minimum absolute atomic E-state index is 0.123. The van der Waals surface area contributed by atoms with Crippen molar-refractivity contribution in [2.75, 3.05) is 23.0 Å². The molecule has 0 bridgehead atoms. The van der Waals surface area contributed by atoms with E-state index in [0.717, 1.165) is 6.42 Å². The van der Waals surface area contributed by atoms with Gasteiger partial charge in [0.15, 0.2) is 0 Å². The van der Waals surface area contributed by atoms with Gasteiger partial charge in [0, 0.05) is 12.6 Å². The van der Waals surface area contributed by atoms with E-state index in [4.69, 9.17) is 11.6 Å². The third-order valence-corrected chi connectivity index (χ3v) is 2.33. The van der Waals surface area contributed by atoms with Gasteiger partial charge < -0.3 is 21.6 Å². The molecular formula is C10H20N6O. The lowest BCUT2D eigenvalue weighted by Crippen LogP contribution is -2.33. The molecule has 1 unspecified atom stereocenters. The van der Waals surface area contributed by atoms with Crippen LogP contribution in [0.3, 0.4) is 0 Å². The number of hydrazine groups is 1. The number of nitrogens with one attached hydrogen (secondary N) is 2. The van der Waals surface area contributed by atoms with Crippen molar-refractivity contribution in [2.45, 2.75) is 32.3 Å². The van der Waals surface area contributed by atoms with Crippen LogP contribution in [0, 0.1) is 0 Å². The van der Waals surface area contributed by atoms with Crippen molar-refractivity contribution in [3.8, 4) is 0 Å². The Morgan fingerprint density at radius 2 is 2.06 bits per heavy atom. The Balaban J connectivity index is 2.65. The van der Waals surface area contributed by atoms with Crippen molar-refractivity contribution in [3.63, 3.8) is 0 Å². The smallest absolute Gasteiger partial charge is 0.223 e. The van der Waals surface area contributed by atoms with Crippen molar-refractivity contribution in [1.29, 1.82) is 0 Å². The fourth-order valence-electron chi connectivity index (χ4n) is 1.54. The molecule has 0 fully saturated rings. The molecular weight excluding hydrogens is 220 g/mol. The van der Waals surface area contributed by atoms with E-state index in [1.165, 1.54) is 0 Å². The lowest BCUT2D eigenvalue weighted by atomic mass is 10.0. The maximum atomic E-state index is 9.99. The van der Waals surface area contributed by atoms with Gasteiger partial charge in [-0.05, 0) is 13.3 Å². The maximum Gasteiger partial charge on any atom is 0.223 e. The monoisotopic (exact) mass is 240 g/mol. The summed E-state index contributed by atoms with van der Waals surface area (Å²) in [5.41, 5.74) is 7.14. The molecule has 96 valence electrons. The molecule has 0 spiro atoms. The fraction of sp³-hybridized carbons (Fsp3) is 0.600. The molecule has 0 aliphatic heterocycles. The standard InChI is InChI=1S/C10H20N6O/c1-3-4-10(2,17)6-13-7-5-8(16-12)15-9(11)14-7/h5,17H,3-4,6,12H2,1-2H3,(H4,11,13,14,15,16). The van der Waals surface area contributed by atoms with Gasteiger partial charge >= 0.3 is 0 Å². The van der Waals surface area contributed by atoms with E-state index in [-0.39, 0.29) is 5.95 Å². The summed E-state index contributed by atoms with van der Waals surface area (Å²) >= 11 is 0. The van der Waals surface area contributed by atoms with Crippen LogP contribution in [-0.2, 0) is 0 Å². The van der Waals surface area contributed by atoms with Gasteiger partial charge in [0.1, 0.15) is 11.6 Å². The summed E-state index contributed by atoms with van der Waals surface area (Å²) in [6.45, 7) is 4.19. The second-order valence-electron chi connectivity index (χ2n) is 4.24. The van der Waals surface area contributed by atoms with Crippen LogP contribution < -0.4 is 22.3 Å². The first kappa shape index (κ1) is 13.5. The van der Waals surface area contributed by atoms with Gasteiger partial charge in [-0.2, -0.15) is 9.97 Å². The molecule has 7 N–H and O–H groups in total. The minimum Gasteiger partial charge on any atom is -0.388 e. The van der Waals surface area contributed by atoms with Crippen LogP contribution in [-0.4, -0.2) is 27.2 Å². The second kappa shape index (κ2) is 5.65. The molecule has 0 saturated carbocycles. The van der Waals surface area contributed by atoms with Gasteiger partial charge in [-0.3, -0.25) is 0 Å². The van der Waals surface area contributed by atoms with Gasteiger partial charge in [-0.25, -0.2) is 5.84 Å². The van der Waals surface area contributed by atoms with Gasteiger partial charge in [-0.1, -0.05) is 13.3 Å². The van der Waals surface area contributed by atoms with E-state index >= 15 is 0 Å². The second-order valence-corrected chi connectivity index (χ2v) is 4.24. The average molecular weight is 240 g/mol. The van der Waals surface area contributed by atoms with Crippen molar-refractivity contribution < 1.29 is 5.11 Å². The molecule has 0 aliphatic carbocycles. The van der Waals surface area contributed by atoms with Crippen LogP contribution in [0.2, 0.25) is 0 Å². The first-order valence-electron chi connectivity index (χ1n) is 5.54. The van der Waals surface area contributed by atoms with Crippen molar-refractivity contribution in [3.05, 3.63) is 6.07 Å². The number of nitrogens with two attached hydrogens (primary N) is 2. The molecule has 1 aromatic rings. The Morgan fingerprint density at radius 3 is 2.65 bits per heavy atom. The molecule has 7 nitrogen and oxygen atoms in total. The molecule has 0 aromatic carbocycles. The molecule has 1 rings (SSSR count). The lowest BCUT2D eigenvalue weighted by molar-refractivity contribution is 0.0636. The maximum absolute atomic E-state index is 9.99. The summed E-state index contributed by atoms with van der Waals surface area (Å²) in [5.74, 6) is 6.32. The fourth-order valence-corrected chi connectivity index (χ4v) is 1.54. The van der Waals surface area contributed by atoms with Crippen molar-refractivity contribution >= 4 is 17.6 Å². The van der Waals surface area contributed by atoms with Crippen LogP contribution >= 0.6 is 0 Å². The quantitative estimate of drug-likeness (QED) is 0.358. The molecule has 1 atom stereocenters. The zero-order valence-corrected chi connectivity index (χ0v) is 10.2. The number of nitrogens with zero attached hydrogens (tertiary/aromatic N) is 2. The van der Waals surface area contributed by atoms with E-state index in [0.29, 0.717) is 24.6 Å². The predicted octanol–water partition coefficient (Wildman–Crippen LogP) is 0.307. The third kappa shape index (κ3) is 4.41. The molecule has 0 amide bonds. The Bertz CT molecular complexity index is 368. The molecule has 17 heavy (non-hydrogen) atoms. The summed E-state index contributed by atoms with van der Waals surface area (Å²) in [7, 11) is 0. The van der Waals surface area contributed by atoms with E-state index in [9.17, 15) is 5.11 Å². The van der Waals surface area contributed by atoms with Gasteiger partial charge in [0.05, 0.1) is 5.60 Å². The number of anilines is 3. The number of aromatic nitrogens is 2. The molecule has 1 aromatic heterocycles. The summed E-state index contributed by atoms with van der Waals surface area (Å²) in [5, 5.41) is 13.0. The first-order chi connectivity index (χ1) is 7.96. The Labute approximate surface area is 101 Å². The number of nitrogen functional groups attached to an aromatic ring is 2. The van der Waals surface area contributed by atoms with E-state index < -0.39 is 5.60 Å². The Morgan fingerprint density at radius 1 is 1.41 bits per heavy atom. The SMILES string of the molecule is CCCC(C)(O)CNc1cc(NN)nc(N)n1. The summed E-state index contributed by atoms with van der Waals surface area (Å²) < 4.78 is 0. The summed E-state index contributed by atoms with van der Waals surface area (Å²) in [4.78, 5) is 7.86. The third-order valence-electron chi connectivity index (χ3n) is 2.33. The largest absolute Gasteiger partial charge is 0.388 e. The zero-order chi connectivity index (χ0) is 12.9. The first-order valence-corrected chi connectivity index (χ1v) is 5.54. The van der Waals surface area contributed by atoms with E-state index in [2.05, 4.69) is 20.7 Å². The number of hydrogen-bond acceptors (Lipinski definition) is 7. The molecule has 0 saturated heterocycles. The lowest BCUT2D eigenvalue weighted by Gasteiger charge is -2.23. The van der Waals surface area contributed by atoms with Gasteiger partial charge in [0.2, 0.25) is 5.95 Å². The van der Waals surface area contributed by atoms with E-state index in [1.807, 2.05) is 6.92 Å². The van der Waals surface area contributed by atoms with Crippen LogP contribution in [0.1, 0.15) is 26.7 Å². The predicted molar refractivity (Wildman–Crippen MR) is 68.3 cm³/mol. The van der Waals surface area contributed by atoms with Gasteiger partial charge in [-0.15, -0.1) is 0 Å². The Kier molecular flexibility index (Phi) is 4.47. The van der Waals surface area contributed by atoms with Crippen LogP contribution in [0.5, 0.6) is 0 Å². The normalized spacial score (nSPS) is 14.1. The van der Waals surface area contributed by atoms with Crippen LogP contribution in [0.4, 0.5) is 17.6 Å². The zero-order valence-electron chi connectivity index (χ0n) is 10.2. The molecule has 7 heteroatoms. The number of hydrogen-bond donors (Lipinski definition) is 5. The highest BCUT2D eigenvalue weighted by Gasteiger charge is 2.18. The summed E-state index contributed by atoms with van der Waals surface area (Å²) in [6.07, 6.45) is 1.62. The highest BCUT2D eigenvalue weighted by Crippen LogP contribution is 2.15. The van der Waals surface area contributed by atoms with Crippen molar-refractivity contribution in [1.82, 2.24) is 9.97 Å². The minimum atomic E-state index is -0.773. The average Bonchev–Trinajstić information content (AvgIpc) is 2.26. The van der Waals surface area contributed by atoms with Gasteiger partial charge in [0.25, 0.3) is 0 Å². The molecule has 1 heterocycles. The highest BCUT2D eigenvalue weighted by atomic mass is 16.3. The number of aliphatic hydroxyl groups is 1. The van der Waals surface area contributed by atoms with Crippen molar-refractivity contribution in [2.24, 2.45) is 5.84 Å². The highest BCUT2D eigenvalue weighted by molar-refractivity contribution is 5.50. The molecule has 0 radical (unpaired) electrons. The summed E-state index contributed by atoms with van der Waals surface area (Å²) in [6, 6.07) is 1.62. The number of rotatable bonds is 6.